The third-order valence-corrected chi connectivity index (χ3v) is 6.28. The molecule has 0 aliphatic rings. The first-order valence-electron chi connectivity index (χ1n) is 9.08. The van der Waals surface area contributed by atoms with Gasteiger partial charge in [-0.05, 0) is 55.2 Å². The van der Waals surface area contributed by atoms with E-state index in [1.807, 2.05) is 62.4 Å². The van der Waals surface area contributed by atoms with Crippen LogP contribution in [0.4, 0.5) is 0 Å². The molecule has 0 amide bonds. The summed E-state index contributed by atoms with van der Waals surface area (Å²) in [6.07, 6.45) is 0.831. The van der Waals surface area contributed by atoms with Gasteiger partial charge in [0, 0.05) is 15.7 Å². The van der Waals surface area contributed by atoms with Gasteiger partial charge in [-0.1, -0.05) is 72.8 Å². The fourth-order valence-corrected chi connectivity index (χ4v) is 4.46. The van der Waals surface area contributed by atoms with Crippen molar-refractivity contribution in [2.75, 3.05) is 0 Å². The average Bonchev–Trinajstić information content (AvgIpc) is 2.72. The second-order valence-electron chi connectivity index (χ2n) is 6.72. The molecule has 0 aromatic heterocycles. The molecule has 0 bridgehead atoms. The zero-order valence-corrected chi connectivity index (χ0v) is 16.6. The van der Waals surface area contributed by atoms with Crippen LogP contribution in [0.15, 0.2) is 107 Å². The quantitative estimate of drug-likeness (QED) is 0.470. The van der Waals surface area contributed by atoms with E-state index in [0.29, 0.717) is 0 Å². The minimum absolute atomic E-state index is 0.0931. The summed E-state index contributed by atoms with van der Waals surface area (Å²) in [5, 5.41) is 0. The molecular formula is C25H24OS. The lowest BCUT2D eigenvalue weighted by molar-refractivity contribution is 0.679. The summed E-state index contributed by atoms with van der Waals surface area (Å²) in [6.45, 7) is 7.94. The number of benzene rings is 3. The molecule has 3 aromatic carbocycles. The standard InChI is InChI=1S/C25H24OS/c1-4-20(3)24(18-21-10-6-5-7-11-21)23-12-8-9-13-25(23)27(26)22-16-14-19(2)15-17-22/h5-17,24H,1,18H2,2-3H3/t24-,27?/m1/s1. The van der Waals surface area contributed by atoms with Gasteiger partial charge in [0.05, 0.1) is 10.8 Å². The highest BCUT2D eigenvalue weighted by Gasteiger charge is 2.21. The van der Waals surface area contributed by atoms with Crippen LogP contribution in [0.3, 0.4) is 0 Å². The zero-order valence-electron chi connectivity index (χ0n) is 15.8. The molecule has 1 nitrogen and oxygen atoms in total. The summed E-state index contributed by atoms with van der Waals surface area (Å²) in [4.78, 5) is 1.68. The van der Waals surface area contributed by atoms with E-state index >= 15 is 0 Å². The Labute approximate surface area is 164 Å². The van der Waals surface area contributed by atoms with Crippen LogP contribution in [-0.4, -0.2) is 4.21 Å². The lowest BCUT2D eigenvalue weighted by Gasteiger charge is -2.20. The van der Waals surface area contributed by atoms with E-state index in [1.165, 1.54) is 5.56 Å². The van der Waals surface area contributed by atoms with Crippen molar-refractivity contribution in [3.05, 3.63) is 113 Å². The van der Waals surface area contributed by atoms with Crippen molar-refractivity contribution >= 4 is 10.8 Å². The van der Waals surface area contributed by atoms with Crippen molar-refractivity contribution in [2.24, 2.45) is 0 Å². The van der Waals surface area contributed by atoms with Crippen molar-refractivity contribution in [2.45, 2.75) is 36.0 Å². The van der Waals surface area contributed by atoms with Crippen LogP contribution in [0.2, 0.25) is 0 Å². The molecular weight excluding hydrogens is 348 g/mol. The molecule has 0 aliphatic carbocycles. The second-order valence-corrected chi connectivity index (χ2v) is 8.17. The van der Waals surface area contributed by atoms with Crippen LogP contribution >= 0.6 is 0 Å². The average molecular weight is 373 g/mol. The van der Waals surface area contributed by atoms with Crippen molar-refractivity contribution in [3.63, 3.8) is 0 Å². The molecule has 0 heterocycles. The number of aryl methyl sites for hydroxylation is 1. The van der Waals surface area contributed by atoms with Crippen LogP contribution in [0.25, 0.3) is 0 Å². The minimum atomic E-state index is -1.23. The monoisotopic (exact) mass is 372 g/mol. The summed E-state index contributed by atoms with van der Waals surface area (Å²) in [7, 11) is -1.23. The first kappa shape index (κ1) is 19.1. The van der Waals surface area contributed by atoms with E-state index < -0.39 is 10.8 Å². The molecule has 3 aromatic rings. The van der Waals surface area contributed by atoms with Crippen molar-refractivity contribution in [3.8, 4) is 0 Å². The summed E-state index contributed by atoms with van der Waals surface area (Å²) in [5.74, 6) is 0.0931. The third-order valence-electron chi connectivity index (χ3n) is 4.81. The van der Waals surface area contributed by atoms with Crippen LogP contribution in [0, 0.1) is 6.92 Å². The lowest BCUT2D eigenvalue weighted by Crippen LogP contribution is -2.09. The molecule has 3 rings (SSSR count). The molecule has 136 valence electrons. The van der Waals surface area contributed by atoms with E-state index in [1.54, 1.807) is 0 Å². The highest BCUT2D eigenvalue weighted by atomic mass is 32.2. The Morgan fingerprint density at radius 3 is 2.26 bits per heavy atom. The zero-order chi connectivity index (χ0) is 19.2. The first-order chi connectivity index (χ1) is 13.1. The Morgan fingerprint density at radius 1 is 0.963 bits per heavy atom. The Bertz CT molecular complexity index is 980. The van der Waals surface area contributed by atoms with E-state index in [2.05, 4.69) is 42.6 Å². The summed E-state index contributed by atoms with van der Waals surface area (Å²) in [5.41, 5.74) is 7.61. The molecule has 2 heteroatoms. The van der Waals surface area contributed by atoms with Crippen LogP contribution in [-0.2, 0) is 17.2 Å². The Kier molecular flexibility index (Phi) is 6.24. The minimum Gasteiger partial charge on any atom is -0.249 e. The van der Waals surface area contributed by atoms with Crippen molar-refractivity contribution < 1.29 is 4.21 Å². The van der Waals surface area contributed by atoms with Gasteiger partial charge in [0.1, 0.15) is 0 Å². The van der Waals surface area contributed by atoms with Gasteiger partial charge in [0.15, 0.2) is 0 Å². The molecule has 0 N–H and O–H groups in total. The van der Waals surface area contributed by atoms with Crippen molar-refractivity contribution in [1.82, 2.24) is 0 Å². The van der Waals surface area contributed by atoms with Gasteiger partial charge < -0.3 is 0 Å². The second kappa shape index (κ2) is 8.81. The van der Waals surface area contributed by atoms with Crippen LogP contribution < -0.4 is 0 Å². The van der Waals surface area contributed by atoms with Gasteiger partial charge in [-0.2, -0.15) is 0 Å². The SMILES string of the molecule is C=C=C(C)[C@@H](Cc1ccccc1)c1ccccc1S(=O)c1ccc(C)cc1. The normalized spacial score (nSPS) is 12.8. The smallest absolute Gasteiger partial charge is 0.0852 e. The Balaban J connectivity index is 2.04. The van der Waals surface area contributed by atoms with E-state index in [4.69, 9.17) is 0 Å². The van der Waals surface area contributed by atoms with Gasteiger partial charge in [0.25, 0.3) is 0 Å². The highest BCUT2D eigenvalue weighted by Crippen LogP contribution is 2.33. The lowest BCUT2D eigenvalue weighted by atomic mass is 9.87. The van der Waals surface area contributed by atoms with E-state index in [-0.39, 0.29) is 5.92 Å². The molecule has 0 radical (unpaired) electrons. The van der Waals surface area contributed by atoms with Gasteiger partial charge in [-0.3, -0.25) is 0 Å². The fraction of sp³-hybridized carbons (Fsp3) is 0.160. The third kappa shape index (κ3) is 4.54. The number of allylic oxidation sites excluding steroid dienone is 1. The van der Waals surface area contributed by atoms with Gasteiger partial charge in [0.2, 0.25) is 0 Å². The largest absolute Gasteiger partial charge is 0.249 e. The Morgan fingerprint density at radius 2 is 1.59 bits per heavy atom. The van der Waals surface area contributed by atoms with E-state index in [0.717, 1.165) is 32.9 Å². The number of hydrogen-bond acceptors (Lipinski definition) is 1. The maximum atomic E-state index is 13.3. The maximum Gasteiger partial charge on any atom is 0.0852 e. The maximum absolute atomic E-state index is 13.3. The first-order valence-corrected chi connectivity index (χ1v) is 10.2. The Hall–Kier alpha value is -2.67. The van der Waals surface area contributed by atoms with Gasteiger partial charge in [-0.15, -0.1) is 5.73 Å². The topological polar surface area (TPSA) is 17.1 Å². The predicted octanol–water partition coefficient (Wildman–Crippen LogP) is 6.22. The molecule has 0 spiro atoms. The van der Waals surface area contributed by atoms with Crippen molar-refractivity contribution in [1.29, 1.82) is 0 Å². The highest BCUT2D eigenvalue weighted by molar-refractivity contribution is 7.85. The van der Waals surface area contributed by atoms with Gasteiger partial charge >= 0.3 is 0 Å². The summed E-state index contributed by atoms with van der Waals surface area (Å²) < 4.78 is 13.3. The van der Waals surface area contributed by atoms with Gasteiger partial charge in [-0.25, -0.2) is 4.21 Å². The fourth-order valence-electron chi connectivity index (χ4n) is 3.20. The van der Waals surface area contributed by atoms with E-state index in [9.17, 15) is 4.21 Å². The predicted molar refractivity (Wildman–Crippen MR) is 114 cm³/mol. The molecule has 1 unspecified atom stereocenters. The molecule has 0 saturated carbocycles. The molecule has 27 heavy (non-hydrogen) atoms. The summed E-state index contributed by atoms with van der Waals surface area (Å²) >= 11 is 0. The summed E-state index contributed by atoms with van der Waals surface area (Å²) in [6, 6.07) is 26.3. The molecule has 0 fully saturated rings. The van der Waals surface area contributed by atoms with Crippen LogP contribution in [0.1, 0.15) is 29.5 Å². The number of rotatable bonds is 6. The molecule has 2 atom stereocenters. The number of hydrogen-bond donors (Lipinski definition) is 0. The van der Waals surface area contributed by atoms with Crippen LogP contribution in [0.5, 0.6) is 0 Å². The molecule has 0 aliphatic heterocycles. The molecule has 0 saturated heterocycles.